The Morgan fingerprint density at radius 3 is 3.00 bits per heavy atom. The van der Waals surface area contributed by atoms with E-state index in [4.69, 9.17) is 10.2 Å². The highest BCUT2D eigenvalue weighted by Gasteiger charge is 2.01. The zero-order valence-corrected chi connectivity index (χ0v) is 7.18. The van der Waals surface area contributed by atoms with Gasteiger partial charge in [-0.2, -0.15) is 5.10 Å². The summed E-state index contributed by atoms with van der Waals surface area (Å²) >= 11 is 0. The molecular weight excluding hydrogens is 172 g/mol. The number of hydrogen-bond acceptors (Lipinski definition) is 3. The molecule has 0 unspecified atom stereocenters. The number of carboxylic acid groups (broad SMARTS) is 1. The Morgan fingerprint density at radius 1 is 1.62 bits per heavy atom. The van der Waals surface area contributed by atoms with E-state index in [1.165, 1.54) is 0 Å². The largest absolute Gasteiger partial charge is 0.481 e. The molecule has 13 heavy (non-hydrogen) atoms. The van der Waals surface area contributed by atoms with Crippen LogP contribution in [0.4, 0.5) is 0 Å². The lowest BCUT2D eigenvalue weighted by Gasteiger charge is -1.94. The molecule has 0 fully saturated rings. The summed E-state index contributed by atoms with van der Waals surface area (Å²) in [5.41, 5.74) is 0.885. The minimum Gasteiger partial charge on any atom is -0.481 e. The molecule has 0 spiro atoms. The molecule has 72 valence electrons. The molecule has 1 rings (SSSR count). The molecule has 1 heterocycles. The monoisotopic (exact) mass is 184 g/mol. The number of aliphatic carboxylic acids is 1. The van der Waals surface area contributed by atoms with E-state index in [0.29, 0.717) is 13.0 Å². The Labute approximate surface area is 75.6 Å². The van der Waals surface area contributed by atoms with Gasteiger partial charge in [0, 0.05) is 12.6 Å². The SMILES string of the molecule is O=C(O)CCc1cnn(CCO)c1. The van der Waals surface area contributed by atoms with E-state index in [1.807, 2.05) is 0 Å². The third kappa shape index (κ3) is 3.25. The second-order valence-corrected chi connectivity index (χ2v) is 2.73. The molecule has 1 aromatic rings. The number of aromatic nitrogens is 2. The number of aryl methyl sites for hydroxylation is 1. The molecular formula is C8H12N2O3. The van der Waals surface area contributed by atoms with Gasteiger partial charge in [-0.05, 0) is 12.0 Å². The molecule has 0 aliphatic heterocycles. The van der Waals surface area contributed by atoms with Crippen LogP contribution in [0.25, 0.3) is 0 Å². The fraction of sp³-hybridized carbons (Fsp3) is 0.500. The van der Waals surface area contributed by atoms with Crippen LogP contribution < -0.4 is 0 Å². The Hall–Kier alpha value is -1.36. The Bertz CT molecular complexity index is 283. The van der Waals surface area contributed by atoms with Crippen LogP contribution in [0.2, 0.25) is 0 Å². The number of aliphatic hydroxyl groups is 1. The lowest BCUT2D eigenvalue weighted by molar-refractivity contribution is -0.136. The maximum atomic E-state index is 10.2. The van der Waals surface area contributed by atoms with Crippen LogP contribution in [-0.4, -0.2) is 32.6 Å². The quantitative estimate of drug-likeness (QED) is 0.669. The highest BCUT2D eigenvalue weighted by Crippen LogP contribution is 2.01. The number of carboxylic acids is 1. The van der Waals surface area contributed by atoms with Gasteiger partial charge in [0.05, 0.1) is 19.3 Å². The van der Waals surface area contributed by atoms with Crippen molar-refractivity contribution in [3.8, 4) is 0 Å². The van der Waals surface area contributed by atoms with E-state index < -0.39 is 5.97 Å². The Kier molecular flexibility index (Phi) is 3.45. The summed E-state index contributed by atoms with van der Waals surface area (Å²) < 4.78 is 1.59. The normalized spacial score (nSPS) is 10.2. The van der Waals surface area contributed by atoms with Gasteiger partial charge in [-0.3, -0.25) is 9.48 Å². The Morgan fingerprint density at radius 2 is 2.38 bits per heavy atom. The minimum atomic E-state index is -0.810. The van der Waals surface area contributed by atoms with E-state index in [1.54, 1.807) is 17.1 Å². The molecule has 5 heteroatoms. The van der Waals surface area contributed by atoms with Crippen LogP contribution in [-0.2, 0) is 17.8 Å². The van der Waals surface area contributed by atoms with E-state index in [-0.39, 0.29) is 13.0 Å². The van der Waals surface area contributed by atoms with Crippen molar-refractivity contribution in [3.05, 3.63) is 18.0 Å². The summed E-state index contributed by atoms with van der Waals surface area (Å²) in [6.45, 7) is 0.493. The maximum Gasteiger partial charge on any atom is 0.303 e. The van der Waals surface area contributed by atoms with Gasteiger partial charge in [0.25, 0.3) is 0 Å². The van der Waals surface area contributed by atoms with Crippen molar-refractivity contribution in [2.45, 2.75) is 19.4 Å². The van der Waals surface area contributed by atoms with Gasteiger partial charge >= 0.3 is 5.97 Å². The lowest BCUT2D eigenvalue weighted by atomic mass is 10.2. The first-order valence-corrected chi connectivity index (χ1v) is 4.06. The van der Waals surface area contributed by atoms with Crippen molar-refractivity contribution in [1.82, 2.24) is 9.78 Å². The number of hydrogen-bond donors (Lipinski definition) is 2. The van der Waals surface area contributed by atoms with E-state index in [9.17, 15) is 4.79 Å². The first-order valence-electron chi connectivity index (χ1n) is 4.06. The van der Waals surface area contributed by atoms with Crippen molar-refractivity contribution in [3.63, 3.8) is 0 Å². The second kappa shape index (κ2) is 4.61. The highest BCUT2D eigenvalue weighted by molar-refractivity contribution is 5.67. The van der Waals surface area contributed by atoms with Crippen LogP contribution in [0, 0.1) is 0 Å². The van der Waals surface area contributed by atoms with Crippen LogP contribution in [0.5, 0.6) is 0 Å². The zero-order valence-electron chi connectivity index (χ0n) is 7.18. The van der Waals surface area contributed by atoms with Gasteiger partial charge < -0.3 is 10.2 Å². The second-order valence-electron chi connectivity index (χ2n) is 2.73. The van der Waals surface area contributed by atoms with Crippen molar-refractivity contribution < 1.29 is 15.0 Å². The summed E-state index contributed by atoms with van der Waals surface area (Å²) in [5.74, 6) is -0.810. The van der Waals surface area contributed by atoms with Crippen LogP contribution in [0.15, 0.2) is 12.4 Å². The standard InChI is InChI=1S/C8H12N2O3/c11-4-3-10-6-7(5-9-10)1-2-8(12)13/h5-6,11H,1-4H2,(H,12,13). The Balaban J connectivity index is 2.44. The molecule has 0 atom stereocenters. The van der Waals surface area contributed by atoms with Crippen molar-refractivity contribution in [2.24, 2.45) is 0 Å². The molecule has 5 nitrogen and oxygen atoms in total. The fourth-order valence-corrected chi connectivity index (χ4v) is 1.01. The summed E-state index contributed by atoms with van der Waals surface area (Å²) in [6.07, 6.45) is 3.98. The average Bonchev–Trinajstić information content (AvgIpc) is 2.50. The van der Waals surface area contributed by atoms with Gasteiger partial charge in [-0.1, -0.05) is 0 Å². The summed E-state index contributed by atoms with van der Waals surface area (Å²) in [5, 5.41) is 21.0. The van der Waals surface area contributed by atoms with Crippen LogP contribution in [0.1, 0.15) is 12.0 Å². The molecule has 1 aromatic heterocycles. The molecule has 0 aromatic carbocycles. The zero-order chi connectivity index (χ0) is 9.68. The fourth-order valence-electron chi connectivity index (χ4n) is 1.01. The van der Waals surface area contributed by atoms with Gasteiger partial charge in [0.2, 0.25) is 0 Å². The topological polar surface area (TPSA) is 75.3 Å². The summed E-state index contributed by atoms with van der Waals surface area (Å²) in [7, 11) is 0. The number of carbonyl (C=O) groups is 1. The molecule has 0 saturated heterocycles. The van der Waals surface area contributed by atoms with Crippen molar-refractivity contribution in [1.29, 1.82) is 0 Å². The first-order chi connectivity index (χ1) is 6.22. The number of aliphatic hydroxyl groups excluding tert-OH is 1. The van der Waals surface area contributed by atoms with Crippen LogP contribution >= 0.6 is 0 Å². The molecule has 0 radical (unpaired) electrons. The lowest BCUT2D eigenvalue weighted by Crippen LogP contribution is -2.01. The molecule has 2 N–H and O–H groups in total. The predicted molar refractivity (Wildman–Crippen MR) is 45.3 cm³/mol. The predicted octanol–water partition coefficient (Wildman–Crippen LogP) is -0.107. The van der Waals surface area contributed by atoms with E-state index in [2.05, 4.69) is 5.10 Å². The first kappa shape index (κ1) is 9.73. The minimum absolute atomic E-state index is 0.0417. The van der Waals surface area contributed by atoms with Gasteiger partial charge in [-0.15, -0.1) is 0 Å². The van der Waals surface area contributed by atoms with Gasteiger partial charge in [-0.25, -0.2) is 0 Å². The van der Waals surface area contributed by atoms with Crippen LogP contribution in [0.3, 0.4) is 0 Å². The average molecular weight is 184 g/mol. The van der Waals surface area contributed by atoms with E-state index >= 15 is 0 Å². The molecule has 0 bridgehead atoms. The summed E-state index contributed by atoms with van der Waals surface area (Å²) in [4.78, 5) is 10.2. The third-order valence-corrected chi connectivity index (χ3v) is 1.64. The highest BCUT2D eigenvalue weighted by atomic mass is 16.4. The smallest absolute Gasteiger partial charge is 0.303 e. The molecule has 0 aliphatic rings. The molecule has 0 saturated carbocycles. The summed E-state index contributed by atoms with van der Waals surface area (Å²) in [6, 6.07) is 0. The third-order valence-electron chi connectivity index (χ3n) is 1.64. The van der Waals surface area contributed by atoms with Crippen molar-refractivity contribution >= 4 is 5.97 Å². The number of nitrogens with zero attached hydrogens (tertiary/aromatic N) is 2. The molecule has 0 amide bonds. The van der Waals surface area contributed by atoms with E-state index in [0.717, 1.165) is 5.56 Å². The van der Waals surface area contributed by atoms with Gasteiger partial charge in [0.15, 0.2) is 0 Å². The van der Waals surface area contributed by atoms with Crippen molar-refractivity contribution in [2.75, 3.05) is 6.61 Å². The number of rotatable bonds is 5. The maximum absolute atomic E-state index is 10.2. The van der Waals surface area contributed by atoms with Gasteiger partial charge in [0.1, 0.15) is 0 Å². The molecule has 0 aliphatic carbocycles.